The third kappa shape index (κ3) is 3.82. The summed E-state index contributed by atoms with van der Waals surface area (Å²) < 4.78 is 5.51. The summed E-state index contributed by atoms with van der Waals surface area (Å²) in [6.07, 6.45) is 9.61. The summed E-state index contributed by atoms with van der Waals surface area (Å²) >= 11 is 1.53. The molecular weight excluding hydrogens is 298 g/mol. The van der Waals surface area contributed by atoms with Crippen LogP contribution in [0.2, 0.25) is 0 Å². The molecule has 0 aliphatic heterocycles. The Morgan fingerprint density at radius 1 is 1.36 bits per heavy atom. The number of hydrogen-bond acceptors (Lipinski definition) is 5. The van der Waals surface area contributed by atoms with E-state index < -0.39 is 0 Å². The second kappa shape index (κ2) is 7.35. The van der Waals surface area contributed by atoms with Crippen molar-refractivity contribution >= 4 is 27.5 Å². The molecule has 0 unspecified atom stereocenters. The number of amides is 1. The number of nitrogens with one attached hydrogen (secondary N) is 1. The number of fused-ring (bicyclic) bond motifs is 1. The molecule has 0 spiro atoms. The highest BCUT2D eigenvalue weighted by molar-refractivity contribution is 7.16. The molecule has 3 rings (SSSR count). The third-order valence-corrected chi connectivity index (χ3v) is 4.54. The molecule has 22 heavy (non-hydrogen) atoms. The van der Waals surface area contributed by atoms with Crippen LogP contribution in [0.1, 0.15) is 32.1 Å². The first-order valence-electron chi connectivity index (χ1n) is 7.58. The molecule has 0 radical (unpaired) electrons. The lowest BCUT2D eigenvalue weighted by Gasteiger charge is -2.13. The second-order valence-corrected chi connectivity index (χ2v) is 6.21. The summed E-state index contributed by atoms with van der Waals surface area (Å²) in [5.74, 6) is 0.356. The number of rotatable bonds is 6. The van der Waals surface area contributed by atoms with E-state index in [0.717, 1.165) is 16.6 Å². The molecule has 0 saturated carbocycles. The van der Waals surface area contributed by atoms with Crippen LogP contribution in [0.5, 0.6) is 5.88 Å². The van der Waals surface area contributed by atoms with E-state index >= 15 is 0 Å². The first-order valence-corrected chi connectivity index (χ1v) is 8.46. The van der Waals surface area contributed by atoms with Crippen LogP contribution >= 0.6 is 11.3 Å². The Kier molecular flexibility index (Phi) is 5.00. The molecule has 0 bridgehead atoms. The monoisotopic (exact) mass is 317 g/mol. The van der Waals surface area contributed by atoms with Gasteiger partial charge in [0.05, 0.1) is 5.39 Å². The van der Waals surface area contributed by atoms with Gasteiger partial charge in [-0.25, -0.2) is 9.97 Å². The van der Waals surface area contributed by atoms with E-state index in [9.17, 15) is 4.79 Å². The molecule has 2 aromatic rings. The van der Waals surface area contributed by atoms with Gasteiger partial charge in [0.15, 0.2) is 6.61 Å². The van der Waals surface area contributed by atoms with Crippen molar-refractivity contribution in [3.05, 3.63) is 29.4 Å². The summed E-state index contributed by atoms with van der Waals surface area (Å²) in [6, 6.07) is 1.91. The van der Waals surface area contributed by atoms with Gasteiger partial charge in [0.1, 0.15) is 11.2 Å². The maximum absolute atomic E-state index is 11.8. The lowest BCUT2D eigenvalue weighted by Crippen LogP contribution is -2.30. The van der Waals surface area contributed by atoms with Crippen molar-refractivity contribution in [2.75, 3.05) is 13.2 Å². The van der Waals surface area contributed by atoms with Gasteiger partial charge < -0.3 is 10.1 Å². The second-order valence-electron chi connectivity index (χ2n) is 5.32. The van der Waals surface area contributed by atoms with Gasteiger partial charge in [-0.1, -0.05) is 11.6 Å². The van der Waals surface area contributed by atoms with Crippen molar-refractivity contribution in [3.8, 4) is 5.88 Å². The molecule has 0 fully saturated rings. The molecule has 1 amide bonds. The van der Waals surface area contributed by atoms with Crippen molar-refractivity contribution in [2.45, 2.75) is 32.1 Å². The Morgan fingerprint density at radius 2 is 2.32 bits per heavy atom. The van der Waals surface area contributed by atoms with Crippen molar-refractivity contribution in [1.82, 2.24) is 15.3 Å². The van der Waals surface area contributed by atoms with Crippen LogP contribution in [0.3, 0.4) is 0 Å². The van der Waals surface area contributed by atoms with Crippen molar-refractivity contribution in [3.63, 3.8) is 0 Å². The van der Waals surface area contributed by atoms with Crippen molar-refractivity contribution in [2.24, 2.45) is 0 Å². The average Bonchev–Trinajstić information content (AvgIpc) is 3.03. The van der Waals surface area contributed by atoms with Gasteiger partial charge in [-0.05, 0) is 43.6 Å². The molecule has 0 aromatic carbocycles. The summed E-state index contributed by atoms with van der Waals surface area (Å²) in [6.45, 7) is 0.659. The first-order chi connectivity index (χ1) is 10.8. The highest BCUT2D eigenvalue weighted by Crippen LogP contribution is 2.25. The standard InChI is InChI=1S/C16H19N3O2S/c20-14(17-8-6-12-4-2-1-3-5-12)10-21-15-13-7-9-22-16(13)19-11-18-15/h4,7,9,11H,1-3,5-6,8,10H2,(H,17,20). The predicted octanol–water partition coefficient (Wildman–Crippen LogP) is 3.08. The Hall–Kier alpha value is -1.95. The highest BCUT2D eigenvalue weighted by atomic mass is 32.1. The molecule has 2 aromatic heterocycles. The maximum Gasteiger partial charge on any atom is 0.258 e. The van der Waals surface area contributed by atoms with E-state index in [4.69, 9.17) is 4.74 Å². The minimum atomic E-state index is -0.113. The lowest BCUT2D eigenvalue weighted by molar-refractivity contribution is -0.123. The third-order valence-electron chi connectivity index (χ3n) is 3.72. The number of thiophene rings is 1. The number of allylic oxidation sites excluding steroid dienone is 1. The van der Waals surface area contributed by atoms with E-state index in [-0.39, 0.29) is 12.5 Å². The van der Waals surface area contributed by atoms with Crippen LogP contribution in [0, 0.1) is 0 Å². The number of hydrogen-bond donors (Lipinski definition) is 1. The van der Waals surface area contributed by atoms with Gasteiger partial charge in [-0.3, -0.25) is 4.79 Å². The number of ether oxygens (including phenoxy) is 1. The fourth-order valence-corrected chi connectivity index (χ4v) is 3.28. The van der Waals surface area contributed by atoms with Gasteiger partial charge >= 0.3 is 0 Å². The predicted molar refractivity (Wildman–Crippen MR) is 87.1 cm³/mol. The van der Waals surface area contributed by atoms with Crippen molar-refractivity contribution < 1.29 is 9.53 Å². The fourth-order valence-electron chi connectivity index (χ4n) is 2.56. The Bertz CT molecular complexity index is 681. The molecule has 2 heterocycles. The summed E-state index contributed by atoms with van der Waals surface area (Å²) in [5, 5.41) is 5.69. The molecule has 1 N–H and O–H groups in total. The minimum Gasteiger partial charge on any atom is -0.467 e. The Balaban J connectivity index is 1.44. The lowest BCUT2D eigenvalue weighted by atomic mass is 9.97. The zero-order valence-corrected chi connectivity index (χ0v) is 13.2. The highest BCUT2D eigenvalue weighted by Gasteiger charge is 2.09. The molecule has 1 aliphatic carbocycles. The van der Waals surface area contributed by atoms with E-state index in [1.807, 2.05) is 11.4 Å². The van der Waals surface area contributed by atoms with E-state index in [1.165, 1.54) is 48.9 Å². The molecule has 5 nitrogen and oxygen atoms in total. The topological polar surface area (TPSA) is 64.1 Å². The molecule has 6 heteroatoms. The minimum absolute atomic E-state index is 0.0129. The summed E-state index contributed by atoms with van der Waals surface area (Å²) in [4.78, 5) is 20.9. The SMILES string of the molecule is O=C(COc1ncnc2sccc12)NCCC1=CCCCC1. The van der Waals surface area contributed by atoms with Crippen LogP contribution < -0.4 is 10.1 Å². The summed E-state index contributed by atoms with van der Waals surface area (Å²) in [5.41, 5.74) is 1.46. The maximum atomic E-state index is 11.8. The molecule has 0 saturated heterocycles. The van der Waals surface area contributed by atoms with Crippen LogP contribution in [-0.2, 0) is 4.79 Å². The van der Waals surface area contributed by atoms with E-state index in [2.05, 4.69) is 21.4 Å². The largest absolute Gasteiger partial charge is 0.467 e. The Morgan fingerprint density at radius 3 is 3.18 bits per heavy atom. The van der Waals surface area contributed by atoms with E-state index in [1.54, 1.807) is 0 Å². The van der Waals surface area contributed by atoms with Gasteiger partial charge in [0, 0.05) is 6.54 Å². The van der Waals surface area contributed by atoms with Crippen molar-refractivity contribution in [1.29, 1.82) is 0 Å². The normalized spacial score (nSPS) is 14.6. The number of aromatic nitrogens is 2. The summed E-state index contributed by atoms with van der Waals surface area (Å²) in [7, 11) is 0. The number of carbonyl (C=O) groups excluding carboxylic acids is 1. The molecular formula is C16H19N3O2S. The quantitative estimate of drug-likeness (QED) is 0.832. The van der Waals surface area contributed by atoms with Gasteiger partial charge in [0.25, 0.3) is 5.91 Å². The van der Waals surface area contributed by atoms with Crippen LogP contribution in [0.15, 0.2) is 29.4 Å². The molecule has 0 atom stereocenters. The van der Waals surface area contributed by atoms with Crippen LogP contribution in [0.4, 0.5) is 0 Å². The Labute approximate surface area is 133 Å². The first kappa shape index (κ1) is 15.0. The average molecular weight is 317 g/mol. The van der Waals surface area contributed by atoms with Crippen LogP contribution in [-0.4, -0.2) is 29.0 Å². The molecule has 116 valence electrons. The number of carbonyl (C=O) groups is 1. The zero-order chi connectivity index (χ0) is 15.2. The van der Waals surface area contributed by atoms with Gasteiger partial charge in [-0.2, -0.15) is 0 Å². The van der Waals surface area contributed by atoms with Gasteiger partial charge in [-0.15, -0.1) is 11.3 Å². The van der Waals surface area contributed by atoms with E-state index in [0.29, 0.717) is 12.4 Å². The number of nitrogens with zero attached hydrogens (tertiary/aromatic N) is 2. The fraction of sp³-hybridized carbons (Fsp3) is 0.438. The van der Waals surface area contributed by atoms with Crippen LogP contribution in [0.25, 0.3) is 10.2 Å². The molecule has 1 aliphatic rings. The zero-order valence-electron chi connectivity index (χ0n) is 12.4. The van der Waals surface area contributed by atoms with Gasteiger partial charge in [0.2, 0.25) is 5.88 Å². The smallest absolute Gasteiger partial charge is 0.258 e.